The highest BCUT2D eigenvalue weighted by molar-refractivity contribution is 5.75. The molecule has 1 aliphatic heterocycles. The zero-order valence-corrected chi connectivity index (χ0v) is 8.99. The molecule has 1 aromatic carbocycles. The molecule has 0 bridgehead atoms. The summed E-state index contributed by atoms with van der Waals surface area (Å²) in [5, 5.41) is 3.34. The van der Waals surface area contributed by atoms with Crippen molar-refractivity contribution in [1.29, 1.82) is 0 Å². The Morgan fingerprint density at radius 3 is 3.25 bits per heavy atom. The van der Waals surface area contributed by atoms with Crippen LogP contribution in [0.4, 0.5) is 4.39 Å². The van der Waals surface area contributed by atoms with Gasteiger partial charge >= 0.3 is 0 Å². The van der Waals surface area contributed by atoms with Crippen LogP contribution in [0.15, 0.2) is 24.5 Å². The molecule has 1 saturated heterocycles. The van der Waals surface area contributed by atoms with Gasteiger partial charge in [0.1, 0.15) is 5.52 Å². The van der Waals surface area contributed by atoms with Crippen LogP contribution in [-0.4, -0.2) is 22.6 Å². The van der Waals surface area contributed by atoms with Crippen molar-refractivity contribution in [3.05, 3.63) is 30.3 Å². The predicted octanol–water partition coefficient (Wildman–Crippen LogP) is 1.78. The van der Waals surface area contributed by atoms with Crippen LogP contribution in [-0.2, 0) is 6.54 Å². The molecule has 1 N–H and O–H groups in total. The molecule has 3 nitrogen and oxygen atoms in total. The summed E-state index contributed by atoms with van der Waals surface area (Å²) in [6.45, 7) is 3.06. The number of hydrogen-bond acceptors (Lipinski definition) is 2. The minimum atomic E-state index is -0.235. The smallest absolute Gasteiger partial charge is 0.151 e. The summed E-state index contributed by atoms with van der Waals surface area (Å²) in [6, 6.07) is 5.12. The molecule has 3 rings (SSSR count). The highest BCUT2D eigenvalue weighted by Gasteiger charge is 2.16. The molecule has 0 spiro atoms. The van der Waals surface area contributed by atoms with E-state index in [4.69, 9.17) is 0 Å². The van der Waals surface area contributed by atoms with Crippen molar-refractivity contribution >= 4 is 11.0 Å². The standard InChI is InChI=1S/C12H14FN3/c13-10-2-1-3-11-12(10)15-8-16(11)7-9-4-5-14-6-9/h1-3,8-9,14H,4-7H2. The third-order valence-corrected chi connectivity index (χ3v) is 3.22. The van der Waals surface area contributed by atoms with Crippen LogP contribution in [0.3, 0.4) is 0 Å². The number of rotatable bonds is 2. The van der Waals surface area contributed by atoms with E-state index in [9.17, 15) is 4.39 Å². The van der Waals surface area contributed by atoms with Crippen LogP contribution >= 0.6 is 0 Å². The third-order valence-electron chi connectivity index (χ3n) is 3.22. The predicted molar refractivity (Wildman–Crippen MR) is 60.7 cm³/mol. The van der Waals surface area contributed by atoms with E-state index in [0.29, 0.717) is 11.4 Å². The molecule has 4 heteroatoms. The Labute approximate surface area is 93.3 Å². The van der Waals surface area contributed by atoms with Crippen molar-refractivity contribution in [2.24, 2.45) is 5.92 Å². The van der Waals surface area contributed by atoms with Crippen LogP contribution in [0.25, 0.3) is 11.0 Å². The van der Waals surface area contributed by atoms with Gasteiger partial charge in [-0.05, 0) is 37.6 Å². The summed E-state index contributed by atoms with van der Waals surface area (Å²) in [5.41, 5.74) is 1.38. The maximum absolute atomic E-state index is 13.4. The first-order valence-corrected chi connectivity index (χ1v) is 5.64. The van der Waals surface area contributed by atoms with Crippen molar-refractivity contribution in [1.82, 2.24) is 14.9 Å². The number of hydrogen-bond donors (Lipinski definition) is 1. The van der Waals surface area contributed by atoms with E-state index < -0.39 is 0 Å². The van der Waals surface area contributed by atoms with Gasteiger partial charge in [0.15, 0.2) is 5.82 Å². The molecule has 1 unspecified atom stereocenters. The van der Waals surface area contributed by atoms with Gasteiger partial charge in [0, 0.05) is 6.54 Å². The highest BCUT2D eigenvalue weighted by Crippen LogP contribution is 2.19. The number of nitrogens with zero attached hydrogens (tertiary/aromatic N) is 2. The van der Waals surface area contributed by atoms with Gasteiger partial charge in [-0.3, -0.25) is 0 Å². The van der Waals surface area contributed by atoms with Gasteiger partial charge < -0.3 is 9.88 Å². The number of para-hydroxylation sites is 1. The normalized spacial score (nSPS) is 20.7. The number of aromatic nitrogens is 2. The highest BCUT2D eigenvalue weighted by atomic mass is 19.1. The van der Waals surface area contributed by atoms with Crippen molar-refractivity contribution < 1.29 is 4.39 Å². The zero-order valence-electron chi connectivity index (χ0n) is 8.99. The summed E-state index contributed by atoms with van der Waals surface area (Å²) in [5.74, 6) is 0.404. The minimum absolute atomic E-state index is 0.235. The Bertz CT molecular complexity index is 500. The quantitative estimate of drug-likeness (QED) is 0.834. The first-order chi connectivity index (χ1) is 7.84. The molecule has 84 valence electrons. The number of imidazole rings is 1. The van der Waals surface area contributed by atoms with Crippen molar-refractivity contribution in [2.45, 2.75) is 13.0 Å². The SMILES string of the molecule is Fc1cccc2c1ncn2CC1CCNC1. The Hall–Kier alpha value is -1.42. The second kappa shape index (κ2) is 3.87. The summed E-state index contributed by atoms with van der Waals surface area (Å²) in [4.78, 5) is 4.13. The molecular weight excluding hydrogens is 205 g/mol. The van der Waals surface area contributed by atoms with Crippen molar-refractivity contribution in [3.63, 3.8) is 0 Å². The minimum Gasteiger partial charge on any atom is -0.330 e. The van der Waals surface area contributed by atoms with Crippen LogP contribution in [0, 0.1) is 11.7 Å². The molecule has 0 radical (unpaired) electrons. The monoisotopic (exact) mass is 219 g/mol. The number of nitrogens with one attached hydrogen (secondary N) is 1. The van der Waals surface area contributed by atoms with Gasteiger partial charge in [0.2, 0.25) is 0 Å². The molecule has 1 aromatic heterocycles. The summed E-state index contributed by atoms with van der Waals surface area (Å²) in [7, 11) is 0. The fraction of sp³-hybridized carbons (Fsp3) is 0.417. The summed E-state index contributed by atoms with van der Waals surface area (Å²) >= 11 is 0. The van der Waals surface area contributed by atoms with E-state index in [1.54, 1.807) is 12.4 Å². The van der Waals surface area contributed by atoms with E-state index >= 15 is 0 Å². The summed E-state index contributed by atoms with van der Waals surface area (Å²) in [6.07, 6.45) is 2.93. The summed E-state index contributed by atoms with van der Waals surface area (Å²) < 4.78 is 15.5. The Morgan fingerprint density at radius 1 is 1.50 bits per heavy atom. The topological polar surface area (TPSA) is 29.9 Å². The van der Waals surface area contributed by atoms with E-state index in [-0.39, 0.29) is 5.82 Å². The third kappa shape index (κ3) is 1.59. The molecule has 2 aromatic rings. The lowest BCUT2D eigenvalue weighted by molar-refractivity contribution is 0.489. The van der Waals surface area contributed by atoms with E-state index in [2.05, 4.69) is 14.9 Å². The van der Waals surface area contributed by atoms with Crippen LogP contribution in [0.5, 0.6) is 0 Å². The first-order valence-electron chi connectivity index (χ1n) is 5.64. The largest absolute Gasteiger partial charge is 0.330 e. The average Bonchev–Trinajstić information content (AvgIpc) is 2.90. The van der Waals surface area contributed by atoms with E-state index in [1.807, 2.05) is 6.07 Å². The second-order valence-electron chi connectivity index (χ2n) is 4.36. The van der Waals surface area contributed by atoms with Gasteiger partial charge in [0.05, 0.1) is 11.8 Å². The van der Waals surface area contributed by atoms with Crippen molar-refractivity contribution in [2.75, 3.05) is 13.1 Å². The lowest BCUT2D eigenvalue weighted by Crippen LogP contribution is -2.13. The van der Waals surface area contributed by atoms with Crippen molar-refractivity contribution in [3.8, 4) is 0 Å². The Morgan fingerprint density at radius 2 is 2.44 bits per heavy atom. The maximum Gasteiger partial charge on any atom is 0.151 e. The molecule has 0 aliphatic carbocycles. The molecule has 1 fully saturated rings. The number of benzene rings is 1. The lowest BCUT2D eigenvalue weighted by Gasteiger charge is -2.09. The first kappa shape index (κ1) is 9.78. The molecule has 2 heterocycles. The molecule has 1 aliphatic rings. The Balaban J connectivity index is 1.94. The van der Waals surface area contributed by atoms with Crippen LogP contribution in [0.1, 0.15) is 6.42 Å². The van der Waals surface area contributed by atoms with Gasteiger partial charge in [-0.25, -0.2) is 9.37 Å². The fourth-order valence-electron chi connectivity index (χ4n) is 2.35. The average molecular weight is 219 g/mol. The molecule has 0 amide bonds. The van der Waals surface area contributed by atoms with Gasteiger partial charge in [-0.2, -0.15) is 0 Å². The fourth-order valence-corrected chi connectivity index (χ4v) is 2.35. The zero-order chi connectivity index (χ0) is 11.0. The van der Waals surface area contributed by atoms with E-state index in [0.717, 1.165) is 25.2 Å². The van der Waals surface area contributed by atoms with Gasteiger partial charge in [-0.15, -0.1) is 0 Å². The second-order valence-corrected chi connectivity index (χ2v) is 4.36. The molecule has 16 heavy (non-hydrogen) atoms. The lowest BCUT2D eigenvalue weighted by atomic mass is 10.1. The molecule has 1 atom stereocenters. The molecule has 0 saturated carbocycles. The van der Waals surface area contributed by atoms with E-state index in [1.165, 1.54) is 12.5 Å². The van der Waals surface area contributed by atoms with Crippen LogP contribution in [0.2, 0.25) is 0 Å². The maximum atomic E-state index is 13.4. The van der Waals surface area contributed by atoms with Crippen LogP contribution < -0.4 is 5.32 Å². The Kier molecular flexibility index (Phi) is 2.36. The number of halogens is 1. The van der Waals surface area contributed by atoms with Gasteiger partial charge in [-0.1, -0.05) is 6.07 Å². The molecular formula is C12H14FN3. The number of fused-ring (bicyclic) bond motifs is 1. The van der Waals surface area contributed by atoms with Gasteiger partial charge in [0.25, 0.3) is 0 Å².